The Labute approximate surface area is 432 Å². The topological polar surface area (TPSA) is 215 Å². The van der Waals surface area contributed by atoms with E-state index in [0.717, 1.165) is 59.4 Å². The number of aromatic nitrogens is 1. The maximum absolute atomic E-state index is 14.4. The molecule has 4 atom stereocenters. The average Bonchev–Trinajstić information content (AvgIpc) is 3.98. The van der Waals surface area contributed by atoms with Gasteiger partial charge in [0.05, 0.1) is 45.8 Å². The number of amides is 4. The second-order valence-corrected chi connectivity index (χ2v) is 22.5. The van der Waals surface area contributed by atoms with E-state index < -0.39 is 53.3 Å². The maximum atomic E-state index is 14.4. The molecule has 0 spiro atoms. The lowest BCUT2D eigenvalue weighted by Crippen LogP contribution is -2.74. The van der Waals surface area contributed by atoms with Crippen molar-refractivity contribution in [2.75, 3.05) is 26.3 Å². The molecule has 1 aliphatic heterocycles. The van der Waals surface area contributed by atoms with Gasteiger partial charge in [0, 0.05) is 41.5 Å². The normalized spacial score (nSPS) is 19.8. The number of ether oxygens (including phenoxy) is 3. The minimum absolute atomic E-state index is 0.0305. The van der Waals surface area contributed by atoms with Crippen LogP contribution in [0.4, 0.5) is 0 Å². The van der Waals surface area contributed by atoms with Crippen LogP contribution in [-0.2, 0) is 35.1 Å². The second kappa shape index (κ2) is 23.8. The van der Waals surface area contributed by atoms with Gasteiger partial charge in [-0.1, -0.05) is 109 Å². The summed E-state index contributed by atoms with van der Waals surface area (Å²) in [5.41, 5.74) is 10.8. The SMILES string of the molecule is Cc1ncsc1-c1ccc([C@H](C)NC(=O)[C@@H]2C[C@@H](OC(=O)CN)CN2C(=O)C(NC(=O)COCCCCCCc2ccc(C(=O)NC3C(C)(C)C(Oc4ccc(C#N)c(Cl)c4)C3(C)C)cc2)C(C)(C)C)cc1. The number of aryl methyl sites for hydroxylation is 2. The summed E-state index contributed by atoms with van der Waals surface area (Å²) in [6.45, 7) is 17.4. The van der Waals surface area contributed by atoms with Gasteiger partial charge in [-0.15, -0.1) is 11.3 Å². The number of halogens is 1. The van der Waals surface area contributed by atoms with Crippen molar-refractivity contribution in [1.29, 1.82) is 5.26 Å². The molecule has 1 aromatic heterocycles. The summed E-state index contributed by atoms with van der Waals surface area (Å²) < 4.78 is 17.6. The molecule has 1 saturated heterocycles. The number of nitrogens with zero attached hydrogens (tertiary/aromatic N) is 3. The van der Waals surface area contributed by atoms with Gasteiger partial charge in [0.2, 0.25) is 17.7 Å². The van der Waals surface area contributed by atoms with Crippen LogP contribution >= 0.6 is 22.9 Å². The first-order valence-electron chi connectivity index (χ1n) is 24.7. The Kier molecular flexibility index (Phi) is 18.3. The zero-order chi connectivity index (χ0) is 52.5. The maximum Gasteiger partial charge on any atom is 0.320 e. The Bertz CT molecular complexity index is 2590. The third kappa shape index (κ3) is 13.4. The molecule has 5 N–H and O–H groups in total. The van der Waals surface area contributed by atoms with E-state index in [1.165, 1.54) is 4.90 Å². The van der Waals surface area contributed by atoms with Crippen molar-refractivity contribution in [3.63, 3.8) is 0 Å². The Morgan fingerprint density at radius 2 is 1.64 bits per heavy atom. The molecular weight excluding hydrogens is 954 g/mol. The first kappa shape index (κ1) is 55.5. The molecule has 1 aliphatic carbocycles. The highest BCUT2D eigenvalue weighted by atomic mass is 35.5. The van der Waals surface area contributed by atoms with Crippen LogP contribution < -0.4 is 26.4 Å². The fraction of sp³-hybridized carbons (Fsp3) is 0.509. The van der Waals surface area contributed by atoms with Crippen molar-refractivity contribution in [2.45, 2.75) is 137 Å². The van der Waals surface area contributed by atoms with Crippen LogP contribution in [0.1, 0.15) is 126 Å². The Balaban J connectivity index is 0.922. The number of rotatable bonds is 21. The Morgan fingerprint density at radius 1 is 0.958 bits per heavy atom. The number of hydrogen-bond acceptors (Lipinski definition) is 12. The lowest BCUT2D eigenvalue weighted by atomic mass is 9.49. The number of likely N-dealkylation sites (tertiary alicyclic amines) is 1. The molecule has 1 saturated carbocycles. The van der Waals surface area contributed by atoms with Crippen LogP contribution in [0.5, 0.6) is 5.75 Å². The molecule has 0 radical (unpaired) electrons. The summed E-state index contributed by atoms with van der Waals surface area (Å²) in [6, 6.07) is 20.2. The second-order valence-electron chi connectivity index (χ2n) is 21.3. The number of nitrogens with two attached hydrogens (primary N) is 1. The lowest BCUT2D eigenvalue weighted by molar-refractivity contribution is -0.164. The molecule has 1 unspecified atom stereocenters. The van der Waals surface area contributed by atoms with Gasteiger partial charge >= 0.3 is 5.97 Å². The Hall–Kier alpha value is -5.86. The molecule has 386 valence electrons. The van der Waals surface area contributed by atoms with E-state index in [1.807, 2.05) is 83.1 Å². The van der Waals surface area contributed by atoms with Crippen LogP contribution in [0.15, 0.2) is 72.2 Å². The molecule has 15 nitrogen and oxygen atoms in total. The summed E-state index contributed by atoms with van der Waals surface area (Å²) in [7, 11) is 0. The fourth-order valence-electron chi connectivity index (χ4n) is 10.2. The van der Waals surface area contributed by atoms with Crippen LogP contribution in [0.3, 0.4) is 0 Å². The molecule has 0 bridgehead atoms. The average molecular weight is 1020 g/mol. The van der Waals surface area contributed by atoms with Gasteiger partial charge in [0.15, 0.2) is 0 Å². The summed E-state index contributed by atoms with van der Waals surface area (Å²) in [5.74, 6) is -1.53. The molecular formula is C55H70ClN7O8S. The molecule has 4 aromatic rings. The van der Waals surface area contributed by atoms with Gasteiger partial charge in [0.25, 0.3) is 5.91 Å². The van der Waals surface area contributed by atoms with E-state index in [-0.39, 0.29) is 55.0 Å². The number of benzene rings is 3. The standard InChI is InChI=1S/C55H70ClN7O8S/c1-33(36-19-21-37(22-20-36)46-34(2)59-32-72-46)60-49(67)43-27-41(70-45(65)29-58)30-63(43)50(68)47(53(3,4)5)61-44(64)31-69-25-13-11-10-12-14-35-15-17-38(18-16-35)48(66)62-51-54(6,7)52(55(51,8)9)71-40-24-23-39(28-57)42(56)26-40/h15-24,26,32-33,41,43,47,51-52H,10-14,25,27,29-31,58H2,1-9H3,(H,60,67)(H,61,64)(H,62,66)/t33-,41+,43-,47?,51?,52?/m0/s1. The number of esters is 1. The molecule has 72 heavy (non-hydrogen) atoms. The van der Waals surface area contributed by atoms with Crippen LogP contribution in [0, 0.1) is 34.5 Å². The first-order valence-corrected chi connectivity index (χ1v) is 25.9. The zero-order valence-electron chi connectivity index (χ0n) is 42.9. The van der Waals surface area contributed by atoms with Gasteiger partial charge in [-0.3, -0.25) is 24.0 Å². The molecule has 17 heteroatoms. The third-order valence-electron chi connectivity index (χ3n) is 13.9. The van der Waals surface area contributed by atoms with Crippen LogP contribution in [-0.4, -0.2) is 96.1 Å². The summed E-state index contributed by atoms with van der Waals surface area (Å²) in [4.78, 5) is 74.0. The highest BCUT2D eigenvalue weighted by Crippen LogP contribution is 2.55. The van der Waals surface area contributed by atoms with E-state index in [4.69, 9.17) is 31.5 Å². The number of carbonyl (C=O) groups excluding carboxylic acids is 5. The van der Waals surface area contributed by atoms with E-state index in [2.05, 4.69) is 54.7 Å². The van der Waals surface area contributed by atoms with Crippen molar-refractivity contribution < 1.29 is 38.2 Å². The van der Waals surface area contributed by atoms with Crippen LogP contribution in [0.25, 0.3) is 10.4 Å². The smallest absolute Gasteiger partial charge is 0.320 e. The van der Waals surface area contributed by atoms with Gasteiger partial charge in [-0.2, -0.15) is 5.26 Å². The van der Waals surface area contributed by atoms with Gasteiger partial charge < -0.3 is 40.8 Å². The number of unbranched alkanes of at least 4 members (excludes halogenated alkanes) is 3. The van der Waals surface area contributed by atoms with E-state index in [1.54, 1.807) is 35.0 Å². The van der Waals surface area contributed by atoms with Crippen LogP contribution in [0.2, 0.25) is 5.02 Å². The molecule has 2 heterocycles. The number of nitriles is 1. The highest BCUT2D eigenvalue weighted by Gasteiger charge is 2.64. The van der Waals surface area contributed by atoms with Crippen molar-refractivity contribution in [1.82, 2.24) is 25.8 Å². The molecule has 2 fully saturated rings. The van der Waals surface area contributed by atoms with E-state index in [0.29, 0.717) is 28.5 Å². The predicted molar refractivity (Wildman–Crippen MR) is 278 cm³/mol. The molecule has 6 rings (SSSR count). The molecule has 4 amide bonds. The van der Waals surface area contributed by atoms with E-state index in [9.17, 15) is 29.2 Å². The Morgan fingerprint density at radius 3 is 2.25 bits per heavy atom. The van der Waals surface area contributed by atoms with Crippen molar-refractivity contribution in [2.24, 2.45) is 22.0 Å². The van der Waals surface area contributed by atoms with Gasteiger partial charge in [-0.25, -0.2) is 4.98 Å². The predicted octanol–water partition coefficient (Wildman–Crippen LogP) is 8.25. The minimum atomic E-state index is -1.01. The first-order chi connectivity index (χ1) is 34.0. The summed E-state index contributed by atoms with van der Waals surface area (Å²) >= 11 is 7.81. The minimum Gasteiger partial charge on any atom is -0.489 e. The number of carbonyl (C=O) groups is 5. The zero-order valence-corrected chi connectivity index (χ0v) is 44.5. The summed E-state index contributed by atoms with van der Waals surface area (Å²) in [6.07, 6.45) is 3.51. The lowest BCUT2D eigenvalue weighted by Gasteiger charge is -2.63. The number of hydrogen-bond donors (Lipinski definition) is 4. The van der Waals surface area contributed by atoms with Crippen molar-refractivity contribution in [3.8, 4) is 22.3 Å². The fourth-order valence-corrected chi connectivity index (χ4v) is 11.2. The third-order valence-corrected chi connectivity index (χ3v) is 15.2. The number of nitrogens with one attached hydrogen (secondary N) is 3. The quantitative estimate of drug-likeness (QED) is 0.0461. The number of thiazole rings is 1. The largest absolute Gasteiger partial charge is 0.489 e. The molecule has 3 aromatic carbocycles. The highest BCUT2D eigenvalue weighted by molar-refractivity contribution is 7.13. The van der Waals surface area contributed by atoms with Crippen molar-refractivity contribution in [3.05, 3.63) is 105 Å². The van der Waals surface area contributed by atoms with E-state index >= 15 is 0 Å². The molecule has 2 aliphatic rings. The monoisotopic (exact) mass is 1020 g/mol. The van der Waals surface area contributed by atoms with Gasteiger partial charge in [-0.05, 0) is 79.5 Å². The van der Waals surface area contributed by atoms with Gasteiger partial charge in [0.1, 0.15) is 42.7 Å². The van der Waals surface area contributed by atoms with Crippen molar-refractivity contribution >= 4 is 52.5 Å². The summed E-state index contributed by atoms with van der Waals surface area (Å²) in [5, 5.41) is 18.7.